The normalized spacial score (nSPS) is 13.1. The molecule has 4 aromatic rings. The molecule has 0 aromatic heterocycles. The van der Waals surface area contributed by atoms with E-state index in [-0.39, 0.29) is 28.8 Å². The van der Waals surface area contributed by atoms with E-state index in [1.165, 1.54) is 17.0 Å². The van der Waals surface area contributed by atoms with Crippen LogP contribution < -0.4 is 19.7 Å². The summed E-state index contributed by atoms with van der Waals surface area (Å²) in [6, 6.07) is 26.6. The highest BCUT2D eigenvalue weighted by Gasteiger charge is 2.21. The lowest BCUT2D eigenvalue weighted by atomic mass is 10.1. The highest BCUT2D eigenvalue weighted by Crippen LogP contribution is 2.32. The van der Waals surface area contributed by atoms with Crippen molar-refractivity contribution in [2.75, 3.05) is 57.1 Å². The van der Waals surface area contributed by atoms with Gasteiger partial charge in [-0.25, -0.2) is 0 Å². The van der Waals surface area contributed by atoms with Gasteiger partial charge in [0.15, 0.2) is 0 Å². The van der Waals surface area contributed by atoms with Crippen LogP contribution >= 0.6 is 0 Å². The molecule has 0 bridgehead atoms. The summed E-state index contributed by atoms with van der Waals surface area (Å²) in [5.41, 5.74) is 3.27. The molecule has 262 valence electrons. The average molecular weight is 679 g/mol. The number of aromatic hydroxyl groups is 1. The van der Waals surface area contributed by atoms with E-state index in [0.717, 1.165) is 56.6 Å². The Kier molecular flexibility index (Phi) is 12.5. The maximum absolute atomic E-state index is 13.6. The van der Waals surface area contributed by atoms with E-state index in [1.54, 1.807) is 37.4 Å². The van der Waals surface area contributed by atoms with Gasteiger partial charge in [-0.2, -0.15) is 0 Å². The van der Waals surface area contributed by atoms with Gasteiger partial charge in [-0.15, -0.1) is 0 Å². The van der Waals surface area contributed by atoms with Gasteiger partial charge in [0.05, 0.1) is 23.5 Å². The van der Waals surface area contributed by atoms with Crippen molar-refractivity contribution in [1.82, 2.24) is 9.80 Å². The summed E-state index contributed by atoms with van der Waals surface area (Å²) < 4.78 is 12.1. The fraction of sp³-hybridized carbons (Fsp3) is 0.325. The van der Waals surface area contributed by atoms with Crippen LogP contribution in [0.15, 0.2) is 91.0 Å². The van der Waals surface area contributed by atoms with Crippen LogP contribution in [0.3, 0.4) is 0 Å². The van der Waals surface area contributed by atoms with Gasteiger partial charge < -0.3 is 34.6 Å². The standard InChI is InChI=1S/C40H46N4O6/c1-29-17-20-34(37(26-29)49-25-11-5-8-16-38(46)44-23-21-42(2)22-24-44)43(3)40(48)31-18-19-33(35(45)27-31)41-39(47)32-14-9-10-15-36(32)50-28-30-12-6-4-7-13-30/h4,6-7,9-10,12-15,17-20,26-27,45H,5,8,11,16,21-25,28H2,1-3H3,(H,41,47). The molecule has 4 aromatic carbocycles. The Balaban J connectivity index is 1.15. The van der Waals surface area contributed by atoms with Crippen LogP contribution in [0.2, 0.25) is 0 Å². The lowest BCUT2D eigenvalue weighted by Crippen LogP contribution is -2.47. The summed E-state index contributed by atoms with van der Waals surface area (Å²) in [6.07, 6.45) is 3.00. The number of phenols is 1. The lowest BCUT2D eigenvalue weighted by molar-refractivity contribution is -0.132. The number of amides is 3. The number of para-hydroxylation sites is 1. The number of ether oxygens (including phenoxy) is 2. The minimum atomic E-state index is -0.455. The molecule has 0 spiro atoms. The predicted molar refractivity (Wildman–Crippen MR) is 195 cm³/mol. The first kappa shape index (κ1) is 35.9. The first-order valence-corrected chi connectivity index (χ1v) is 17.1. The number of nitrogens with one attached hydrogen (secondary N) is 1. The van der Waals surface area contributed by atoms with E-state index in [9.17, 15) is 19.5 Å². The first-order valence-electron chi connectivity index (χ1n) is 17.1. The largest absolute Gasteiger partial charge is 0.506 e. The van der Waals surface area contributed by atoms with Crippen LogP contribution in [-0.2, 0) is 11.4 Å². The van der Waals surface area contributed by atoms with Gasteiger partial charge in [0.1, 0.15) is 23.9 Å². The molecule has 1 aliphatic heterocycles. The van der Waals surface area contributed by atoms with Gasteiger partial charge in [-0.1, -0.05) is 48.5 Å². The van der Waals surface area contributed by atoms with Crippen molar-refractivity contribution in [2.24, 2.45) is 0 Å². The van der Waals surface area contributed by atoms with Gasteiger partial charge in [-0.3, -0.25) is 14.4 Å². The van der Waals surface area contributed by atoms with Gasteiger partial charge in [0.2, 0.25) is 5.91 Å². The van der Waals surface area contributed by atoms with E-state index in [2.05, 4.69) is 17.3 Å². The smallest absolute Gasteiger partial charge is 0.259 e. The number of hydrogen-bond acceptors (Lipinski definition) is 7. The second kappa shape index (κ2) is 17.3. The predicted octanol–water partition coefficient (Wildman–Crippen LogP) is 6.52. The minimum absolute atomic E-state index is 0.164. The number of benzene rings is 4. The van der Waals surface area contributed by atoms with Crippen LogP contribution in [0, 0.1) is 6.92 Å². The van der Waals surface area contributed by atoms with Crippen LogP contribution in [0.5, 0.6) is 17.2 Å². The molecule has 3 amide bonds. The Labute approximate surface area is 294 Å². The molecule has 10 nitrogen and oxygen atoms in total. The van der Waals surface area contributed by atoms with Crippen molar-refractivity contribution in [3.8, 4) is 17.2 Å². The zero-order valence-corrected chi connectivity index (χ0v) is 29.1. The summed E-state index contributed by atoms with van der Waals surface area (Å²) in [5.74, 6) is 0.157. The SMILES string of the molecule is Cc1ccc(N(C)C(=O)c2ccc(NC(=O)c3ccccc3OCc3ccccc3)c(O)c2)c(OCCCCCC(=O)N2CCN(C)CC2)c1. The number of hydrogen-bond donors (Lipinski definition) is 2. The summed E-state index contributed by atoms with van der Waals surface area (Å²) in [6.45, 7) is 6.14. The van der Waals surface area contributed by atoms with Crippen LogP contribution in [0.4, 0.5) is 11.4 Å². The van der Waals surface area contributed by atoms with Crippen molar-refractivity contribution < 1.29 is 29.0 Å². The number of aryl methyl sites for hydroxylation is 1. The quantitative estimate of drug-likeness (QED) is 0.115. The number of piperazine rings is 1. The molecule has 0 saturated carbocycles. The highest BCUT2D eigenvalue weighted by atomic mass is 16.5. The molecule has 1 saturated heterocycles. The lowest BCUT2D eigenvalue weighted by Gasteiger charge is -2.32. The molecule has 1 heterocycles. The van der Waals surface area contributed by atoms with Crippen molar-refractivity contribution in [3.05, 3.63) is 113 Å². The summed E-state index contributed by atoms with van der Waals surface area (Å²) in [4.78, 5) is 45.0. The van der Waals surface area contributed by atoms with Gasteiger partial charge in [0, 0.05) is 45.2 Å². The van der Waals surface area contributed by atoms with E-state index < -0.39 is 5.91 Å². The van der Waals surface area contributed by atoms with E-state index in [4.69, 9.17) is 9.47 Å². The van der Waals surface area contributed by atoms with Crippen molar-refractivity contribution in [1.29, 1.82) is 0 Å². The number of carbonyl (C=O) groups is 3. The molecular formula is C40H46N4O6. The number of carbonyl (C=O) groups excluding carboxylic acids is 3. The van der Waals surface area contributed by atoms with Gasteiger partial charge in [0.25, 0.3) is 11.8 Å². The van der Waals surface area contributed by atoms with E-state index in [1.807, 2.05) is 60.4 Å². The molecule has 5 rings (SSSR count). The molecule has 0 aliphatic carbocycles. The van der Waals surface area contributed by atoms with Gasteiger partial charge in [-0.05, 0) is 86.8 Å². The van der Waals surface area contributed by atoms with Crippen LogP contribution in [0.1, 0.15) is 57.5 Å². The van der Waals surface area contributed by atoms with Gasteiger partial charge >= 0.3 is 0 Å². The zero-order valence-electron chi connectivity index (χ0n) is 29.1. The number of unbranched alkanes of at least 4 members (excludes halogenated alkanes) is 2. The summed E-state index contributed by atoms with van der Waals surface area (Å²) in [7, 11) is 3.73. The molecule has 0 unspecified atom stereocenters. The Hall–Kier alpha value is -5.35. The average Bonchev–Trinajstić information content (AvgIpc) is 3.13. The van der Waals surface area contributed by atoms with Crippen molar-refractivity contribution in [3.63, 3.8) is 0 Å². The number of anilines is 2. The number of likely N-dealkylation sites (N-methyl/N-ethyl adjacent to an activating group) is 1. The number of nitrogens with zero attached hydrogens (tertiary/aromatic N) is 3. The van der Waals surface area contributed by atoms with Crippen LogP contribution in [-0.4, -0.2) is 79.5 Å². The van der Waals surface area contributed by atoms with Crippen LogP contribution in [0.25, 0.3) is 0 Å². The number of phenolic OH excluding ortho intramolecular Hbond substituents is 1. The summed E-state index contributed by atoms with van der Waals surface area (Å²) in [5, 5.41) is 13.6. The van der Waals surface area contributed by atoms with Crippen molar-refractivity contribution >= 4 is 29.1 Å². The Morgan fingerprint density at radius 1 is 0.820 bits per heavy atom. The molecular weight excluding hydrogens is 632 g/mol. The Morgan fingerprint density at radius 2 is 1.56 bits per heavy atom. The molecule has 1 fully saturated rings. The molecule has 0 atom stereocenters. The zero-order chi connectivity index (χ0) is 35.5. The number of rotatable bonds is 14. The third kappa shape index (κ3) is 9.63. The molecule has 2 N–H and O–H groups in total. The van der Waals surface area contributed by atoms with Crippen molar-refractivity contribution in [2.45, 2.75) is 39.2 Å². The monoisotopic (exact) mass is 678 g/mol. The van der Waals surface area contributed by atoms with E-state index >= 15 is 0 Å². The third-order valence-electron chi connectivity index (χ3n) is 8.79. The Morgan fingerprint density at radius 3 is 2.32 bits per heavy atom. The molecule has 0 radical (unpaired) electrons. The molecule has 1 aliphatic rings. The molecule has 50 heavy (non-hydrogen) atoms. The summed E-state index contributed by atoms with van der Waals surface area (Å²) >= 11 is 0. The highest BCUT2D eigenvalue weighted by molar-refractivity contribution is 6.09. The Bertz CT molecular complexity index is 1770. The third-order valence-corrected chi connectivity index (χ3v) is 8.79. The first-order chi connectivity index (χ1) is 24.2. The minimum Gasteiger partial charge on any atom is -0.506 e. The fourth-order valence-corrected chi connectivity index (χ4v) is 5.74. The second-order valence-corrected chi connectivity index (χ2v) is 12.6. The fourth-order valence-electron chi connectivity index (χ4n) is 5.74. The topological polar surface area (TPSA) is 112 Å². The molecule has 10 heteroatoms. The maximum Gasteiger partial charge on any atom is 0.259 e. The second-order valence-electron chi connectivity index (χ2n) is 12.6. The maximum atomic E-state index is 13.6. The van der Waals surface area contributed by atoms with E-state index in [0.29, 0.717) is 42.4 Å².